The Morgan fingerprint density at radius 2 is 1.60 bits per heavy atom. The van der Waals surface area contributed by atoms with E-state index in [1.165, 1.54) is 0 Å². The Kier molecular flexibility index (Phi) is 4.83. The summed E-state index contributed by atoms with van der Waals surface area (Å²) in [6, 6.07) is 13.2. The van der Waals surface area contributed by atoms with Crippen molar-refractivity contribution in [3.8, 4) is 11.1 Å². The highest BCUT2D eigenvalue weighted by molar-refractivity contribution is 5.95. The molecule has 0 saturated carbocycles. The van der Waals surface area contributed by atoms with Gasteiger partial charge >= 0.3 is 0 Å². The predicted molar refractivity (Wildman–Crippen MR) is 81.3 cm³/mol. The summed E-state index contributed by atoms with van der Waals surface area (Å²) in [5, 5.41) is 0. The second kappa shape index (κ2) is 6.80. The average molecular weight is 266 g/mol. The molecule has 102 valence electrons. The first kappa shape index (κ1) is 14.2. The lowest BCUT2D eigenvalue weighted by Gasteiger charge is -2.13. The van der Waals surface area contributed by atoms with Gasteiger partial charge in [-0.3, -0.25) is 9.59 Å². The van der Waals surface area contributed by atoms with Gasteiger partial charge < -0.3 is 0 Å². The van der Waals surface area contributed by atoms with Gasteiger partial charge in [-0.15, -0.1) is 0 Å². The summed E-state index contributed by atoms with van der Waals surface area (Å²) in [5.74, 6) is 0. The predicted octanol–water partition coefficient (Wildman–Crippen LogP) is 4.32. The highest BCUT2D eigenvalue weighted by Crippen LogP contribution is 2.30. The molecule has 0 aromatic heterocycles. The first-order valence-electron chi connectivity index (χ1n) is 6.93. The molecule has 0 heterocycles. The van der Waals surface area contributed by atoms with Gasteiger partial charge in [0.15, 0.2) is 12.6 Å². The number of carbonyl (C=O) groups excluding carboxylic acids is 2. The molecular weight excluding hydrogens is 248 g/mol. The van der Waals surface area contributed by atoms with Crippen LogP contribution in [0.5, 0.6) is 0 Å². The molecular formula is C18H18O2. The molecule has 0 bridgehead atoms. The molecule has 0 saturated heterocycles. The molecule has 0 fully saturated rings. The van der Waals surface area contributed by atoms with Crippen molar-refractivity contribution in [3.05, 3.63) is 59.2 Å². The van der Waals surface area contributed by atoms with Crippen molar-refractivity contribution in [2.24, 2.45) is 0 Å². The van der Waals surface area contributed by atoms with E-state index in [0.29, 0.717) is 11.1 Å². The van der Waals surface area contributed by atoms with Gasteiger partial charge in [-0.1, -0.05) is 55.8 Å². The largest absolute Gasteiger partial charge is 0.298 e. The summed E-state index contributed by atoms with van der Waals surface area (Å²) in [6.07, 6.45) is 4.80. The van der Waals surface area contributed by atoms with Gasteiger partial charge in [-0.05, 0) is 29.5 Å². The second-order valence-corrected chi connectivity index (χ2v) is 4.81. The molecule has 0 aliphatic heterocycles. The van der Waals surface area contributed by atoms with Gasteiger partial charge in [0.2, 0.25) is 0 Å². The highest BCUT2D eigenvalue weighted by atomic mass is 16.1. The Bertz CT molecular complexity index is 615. The lowest BCUT2D eigenvalue weighted by Crippen LogP contribution is -1.98. The van der Waals surface area contributed by atoms with E-state index in [2.05, 4.69) is 6.92 Å². The maximum atomic E-state index is 11.3. The quantitative estimate of drug-likeness (QED) is 0.730. The van der Waals surface area contributed by atoms with Gasteiger partial charge in [0.05, 0.1) is 0 Å². The van der Waals surface area contributed by atoms with Crippen molar-refractivity contribution in [1.29, 1.82) is 0 Å². The zero-order chi connectivity index (χ0) is 14.4. The van der Waals surface area contributed by atoms with Crippen LogP contribution in [0.4, 0.5) is 0 Å². The van der Waals surface area contributed by atoms with Gasteiger partial charge in [0.1, 0.15) is 0 Å². The van der Waals surface area contributed by atoms with E-state index in [-0.39, 0.29) is 0 Å². The Hall–Kier alpha value is -2.22. The van der Waals surface area contributed by atoms with Crippen molar-refractivity contribution in [3.63, 3.8) is 0 Å². The smallest absolute Gasteiger partial charge is 0.150 e. The molecule has 0 amide bonds. The Balaban J connectivity index is 2.63. The van der Waals surface area contributed by atoms with Crippen molar-refractivity contribution in [2.75, 3.05) is 0 Å². The molecule has 0 aliphatic rings. The summed E-state index contributed by atoms with van der Waals surface area (Å²) >= 11 is 0. The molecule has 2 rings (SSSR count). The fourth-order valence-corrected chi connectivity index (χ4v) is 2.45. The van der Waals surface area contributed by atoms with Crippen LogP contribution in [-0.4, -0.2) is 12.6 Å². The molecule has 2 aromatic carbocycles. The number of hydrogen-bond donors (Lipinski definition) is 0. The maximum Gasteiger partial charge on any atom is 0.150 e. The van der Waals surface area contributed by atoms with Gasteiger partial charge in [0.25, 0.3) is 0 Å². The average Bonchev–Trinajstić information content (AvgIpc) is 2.52. The minimum atomic E-state index is 0.625. The molecule has 0 radical (unpaired) electrons. The number of aldehydes is 2. The van der Waals surface area contributed by atoms with E-state index in [9.17, 15) is 9.59 Å². The molecule has 0 spiro atoms. The summed E-state index contributed by atoms with van der Waals surface area (Å²) in [5.41, 5.74) is 4.15. The summed E-state index contributed by atoms with van der Waals surface area (Å²) in [4.78, 5) is 22.6. The van der Waals surface area contributed by atoms with Crippen LogP contribution in [0.15, 0.2) is 42.5 Å². The Morgan fingerprint density at radius 1 is 0.900 bits per heavy atom. The normalized spacial score (nSPS) is 10.2. The van der Waals surface area contributed by atoms with Crippen LogP contribution in [0.3, 0.4) is 0 Å². The third kappa shape index (κ3) is 2.85. The lowest BCUT2D eigenvalue weighted by molar-refractivity contribution is 0.111. The third-order valence-electron chi connectivity index (χ3n) is 3.47. The van der Waals surface area contributed by atoms with E-state index in [0.717, 1.165) is 48.5 Å². The zero-order valence-electron chi connectivity index (χ0n) is 11.6. The maximum absolute atomic E-state index is 11.3. The fraction of sp³-hybridized carbons (Fsp3) is 0.222. The summed E-state index contributed by atoms with van der Waals surface area (Å²) in [7, 11) is 0. The lowest BCUT2D eigenvalue weighted by atomic mass is 9.90. The Labute approximate surface area is 119 Å². The van der Waals surface area contributed by atoms with Gasteiger partial charge in [0, 0.05) is 11.1 Å². The number of aryl methyl sites for hydroxylation is 1. The highest BCUT2D eigenvalue weighted by Gasteiger charge is 2.13. The van der Waals surface area contributed by atoms with Crippen LogP contribution in [0, 0.1) is 0 Å². The Morgan fingerprint density at radius 3 is 2.30 bits per heavy atom. The minimum absolute atomic E-state index is 0.625. The van der Waals surface area contributed by atoms with Crippen LogP contribution < -0.4 is 0 Å². The first-order valence-corrected chi connectivity index (χ1v) is 6.93. The topological polar surface area (TPSA) is 34.1 Å². The van der Waals surface area contributed by atoms with Crippen molar-refractivity contribution >= 4 is 12.6 Å². The van der Waals surface area contributed by atoms with Gasteiger partial charge in [-0.2, -0.15) is 0 Å². The van der Waals surface area contributed by atoms with Crippen LogP contribution in [-0.2, 0) is 6.42 Å². The second-order valence-electron chi connectivity index (χ2n) is 4.81. The first-order chi connectivity index (χ1) is 9.81. The van der Waals surface area contributed by atoms with E-state index < -0.39 is 0 Å². The van der Waals surface area contributed by atoms with E-state index >= 15 is 0 Å². The molecule has 2 nitrogen and oxygen atoms in total. The van der Waals surface area contributed by atoms with E-state index in [1.54, 1.807) is 12.1 Å². The number of unbranched alkanes of at least 4 members (excludes halogenated alkanes) is 1. The van der Waals surface area contributed by atoms with E-state index in [1.807, 2.05) is 30.3 Å². The number of carbonyl (C=O) groups is 2. The number of hydrogen-bond acceptors (Lipinski definition) is 2. The van der Waals surface area contributed by atoms with Gasteiger partial charge in [-0.25, -0.2) is 0 Å². The fourth-order valence-electron chi connectivity index (χ4n) is 2.45. The standard InChI is InChI=1S/C18H18O2/c1-2-3-7-14-9-6-10-16(13-20)18(14)17-11-5-4-8-15(17)12-19/h4-6,8-13H,2-3,7H2,1H3. The number of rotatable bonds is 6. The van der Waals surface area contributed by atoms with Crippen molar-refractivity contribution in [2.45, 2.75) is 26.2 Å². The monoisotopic (exact) mass is 266 g/mol. The molecule has 2 heteroatoms. The van der Waals surface area contributed by atoms with Crippen LogP contribution in [0.25, 0.3) is 11.1 Å². The zero-order valence-corrected chi connectivity index (χ0v) is 11.6. The van der Waals surface area contributed by atoms with E-state index in [4.69, 9.17) is 0 Å². The molecule has 0 atom stereocenters. The molecule has 0 N–H and O–H groups in total. The third-order valence-corrected chi connectivity index (χ3v) is 3.47. The van der Waals surface area contributed by atoms with Crippen LogP contribution in [0.2, 0.25) is 0 Å². The number of benzene rings is 2. The summed E-state index contributed by atoms with van der Waals surface area (Å²) < 4.78 is 0. The molecule has 0 unspecified atom stereocenters. The van der Waals surface area contributed by atoms with Crippen molar-refractivity contribution in [1.82, 2.24) is 0 Å². The SMILES string of the molecule is CCCCc1cccc(C=O)c1-c1ccccc1C=O. The van der Waals surface area contributed by atoms with Crippen molar-refractivity contribution < 1.29 is 9.59 Å². The molecule has 20 heavy (non-hydrogen) atoms. The summed E-state index contributed by atoms with van der Waals surface area (Å²) in [6.45, 7) is 2.14. The van der Waals surface area contributed by atoms with Crippen LogP contribution >= 0.6 is 0 Å². The molecule has 0 aliphatic carbocycles. The van der Waals surface area contributed by atoms with Crippen LogP contribution in [0.1, 0.15) is 46.0 Å². The minimum Gasteiger partial charge on any atom is -0.298 e. The molecule has 2 aromatic rings.